The minimum absolute atomic E-state index is 0.0793. The van der Waals surface area contributed by atoms with E-state index in [0.717, 1.165) is 0 Å². The number of benzene rings is 1. The summed E-state index contributed by atoms with van der Waals surface area (Å²) in [5.41, 5.74) is 1.28. The second kappa shape index (κ2) is 8.71. The Morgan fingerprint density at radius 3 is 2.76 bits per heavy atom. The number of aliphatic carboxylic acids is 1. The van der Waals surface area contributed by atoms with Gasteiger partial charge >= 0.3 is 5.97 Å². The van der Waals surface area contributed by atoms with E-state index >= 15 is 0 Å². The van der Waals surface area contributed by atoms with Gasteiger partial charge < -0.3 is 10.0 Å². The zero-order valence-electron chi connectivity index (χ0n) is 14.2. The number of hydrogen-bond acceptors (Lipinski definition) is 4. The van der Waals surface area contributed by atoms with E-state index in [0.29, 0.717) is 22.8 Å². The van der Waals surface area contributed by atoms with Crippen LogP contribution in [-0.4, -0.2) is 40.0 Å². The fourth-order valence-electron chi connectivity index (χ4n) is 2.40. The molecule has 2 rings (SSSR count). The van der Waals surface area contributed by atoms with Gasteiger partial charge in [-0.25, -0.2) is 9.37 Å². The third kappa shape index (κ3) is 5.94. The number of carboxylic acid groups (broad SMARTS) is 1. The number of thiazole rings is 1. The van der Waals surface area contributed by atoms with Gasteiger partial charge in [-0.2, -0.15) is 0 Å². The summed E-state index contributed by atoms with van der Waals surface area (Å²) >= 11 is 1.35. The standard InChI is InChI=1S/C18H21FN2O3S/c1-12(2)10-21(7-6-17(23)24)16(22)9-15-11-25-18(20-15)13-4-3-5-14(19)8-13/h3-5,8,11-12H,6-7,9-10H2,1-2H3,(H,23,24). The van der Waals surface area contributed by atoms with Crippen molar-refractivity contribution in [2.24, 2.45) is 5.92 Å². The SMILES string of the molecule is CC(C)CN(CCC(=O)O)C(=O)Cc1csc(-c2cccc(F)c2)n1. The van der Waals surface area contributed by atoms with Crippen molar-refractivity contribution in [2.45, 2.75) is 26.7 Å². The molecule has 0 aliphatic carbocycles. The maximum Gasteiger partial charge on any atom is 0.305 e. The first-order valence-electron chi connectivity index (χ1n) is 8.05. The molecule has 0 atom stereocenters. The van der Waals surface area contributed by atoms with Crippen molar-refractivity contribution in [3.63, 3.8) is 0 Å². The number of aromatic nitrogens is 1. The van der Waals surface area contributed by atoms with Crippen molar-refractivity contribution in [1.82, 2.24) is 9.88 Å². The van der Waals surface area contributed by atoms with E-state index in [-0.39, 0.29) is 37.0 Å². The van der Waals surface area contributed by atoms with Crippen LogP contribution in [0.1, 0.15) is 26.0 Å². The van der Waals surface area contributed by atoms with E-state index in [1.54, 1.807) is 22.4 Å². The van der Waals surface area contributed by atoms with Crippen LogP contribution in [0.4, 0.5) is 4.39 Å². The van der Waals surface area contributed by atoms with Crippen LogP contribution < -0.4 is 0 Å². The Labute approximate surface area is 150 Å². The topological polar surface area (TPSA) is 70.5 Å². The van der Waals surface area contributed by atoms with Gasteiger partial charge in [-0.3, -0.25) is 9.59 Å². The maximum absolute atomic E-state index is 13.3. The Morgan fingerprint density at radius 1 is 1.36 bits per heavy atom. The first-order valence-corrected chi connectivity index (χ1v) is 8.93. The summed E-state index contributed by atoms with van der Waals surface area (Å²) in [4.78, 5) is 29.3. The Kier molecular flexibility index (Phi) is 6.64. The van der Waals surface area contributed by atoms with Gasteiger partial charge in [-0.15, -0.1) is 11.3 Å². The number of halogens is 1. The highest BCUT2D eigenvalue weighted by Crippen LogP contribution is 2.24. The van der Waals surface area contributed by atoms with Gasteiger partial charge in [0.2, 0.25) is 5.91 Å². The van der Waals surface area contributed by atoms with Crippen LogP contribution in [0.15, 0.2) is 29.6 Å². The third-order valence-electron chi connectivity index (χ3n) is 3.49. The average molecular weight is 364 g/mol. The molecule has 0 spiro atoms. The molecule has 1 N–H and O–H groups in total. The Balaban J connectivity index is 2.06. The van der Waals surface area contributed by atoms with Gasteiger partial charge in [-0.05, 0) is 18.1 Å². The Morgan fingerprint density at radius 2 is 2.12 bits per heavy atom. The van der Waals surface area contributed by atoms with Gasteiger partial charge in [0.15, 0.2) is 0 Å². The number of carbonyl (C=O) groups excluding carboxylic acids is 1. The van der Waals surface area contributed by atoms with E-state index in [2.05, 4.69) is 4.98 Å². The highest BCUT2D eigenvalue weighted by atomic mass is 32.1. The predicted octanol–water partition coefficient (Wildman–Crippen LogP) is 3.45. The minimum atomic E-state index is -0.927. The van der Waals surface area contributed by atoms with Gasteiger partial charge in [0.1, 0.15) is 10.8 Å². The molecule has 5 nitrogen and oxygen atoms in total. The number of carbonyl (C=O) groups is 2. The lowest BCUT2D eigenvalue weighted by Gasteiger charge is -2.23. The van der Waals surface area contributed by atoms with Crippen molar-refractivity contribution in [2.75, 3.05) is 13.1 Å². The predicted molar refractivity (Wildman–Crippen MR) is 94.9 cm³/mol. The van der Waals surface area contributed by atoms with Crippen LogP contribution in [-0.2, 0) is 16.0 Å². The summed E-state index contributed by atoms with van der Waals surface area (Å²) in [6.45, 7) is 4.65. The molecule has 0 radical (unpaired) electrons. The molecule has 2 aromatic rings. The fraction of sp³-hybridized carbons (Fsp3) is 0.389. The number of carboxylic acids is 1. The molecule has 0 unspecified atom stereocenters. The first kappa shape index (κ1) is 19.1. The van der Waals surface area contributed by atoms with E-state index < -0.39 is 5.97 Å². The minimum Gasteiger partial charge on any atom is -0.481 e. The molecule has 25 heavy (non-hydrogen) atoms. The van der Waals surface area contributed by atoms with Crippen molar-refractivity contribution in [3.8, 4) is 10.6 Å². The largest absolute Gasteiger partial charge is 0.481 e. The fourth-order valence-corrected chi connectivity index (χ4v) is 3.21. The first-order chi connectivity index (χ1) is 11.8. The second-order valence-corrected chi connectivity index (χ2v) is 7.07. The van der Waals surface area contributed by atoms with Crippen LogP contribution in [0.5, 0.6) is 0 Å². The van der Waals surface area contributed by atoms with Crippen LogP contribution in [0.3, 0.4) is 0 Å². The molecule has 0 bridgehead atoms. The van der Waals surface area contributed by atoms with Crippen LogP contribution in [0.25, 0.3) is 10.6 Å². The summed E-state index contributed by atoms with van der Waals surface area (Å²) in [6.07, 6.45) is 0.0300. The molecule has 1 amide bonds. The molecular weight excluding hydrogens is 343 g/mol. The van der Waals surface area contributed by atoms with E-state index in [1.807, 2.05) is 13.8 Å². The smallest absolute Gasteiger partial charge is 0.305 e. The van der Waals surface area contributed by atoms with Crippen molar-refractivity contribution < 1.29 is 19.1 Å². The van der Waals surface area contributed by atoms with Crippen molar-refractivity contribution in [3.05, 3.63) is 41.2 Å². The number of amides is 1. The third-order valence-corrected chi connectivity index (χ3v) is 4.43. The van der Waals surface area contributed by atoms with E-state index in [9.17, 15) is 14.0 Å². The molecule has 0 fully saturated rings. The van der Waals surface area contributed by atoms with Crippen molar-refractivity contribution >= 4 is 23.2 Å². The molecule has 7 heteroatoms. The van der Waals surface area contributed by atoms with Gasteiger partial charge in [0.25, 0.3) is 0 Å². The van der Waals surface area contributed by atoms with Crippen LogP contribution in [0.2, 0.25) is 0 Å². The maximum atomic E-state index is 13.3. The quantitative estimate of drug-likeness (QED) is 0.779. The normalized spacial score (nSPS) is 10.9. The van der Waals surface area contributed by atoms with Crippen LogP contribution >= 0.6 is 11.3 Å². The van der Waals surface area contributed by atoms with Crippen LogP contribution in [0, 0.1) is 11.7 Å². The highest BCUT2D eigenvalue weighted by Gasteiger charge is 2.18. The summed E-state index contributed by atoms with van der Waals surface area (Å²) in [5, 5.41) is 11.3. The van der Waals surface area contributed by atoms with Gasteiger partial charge in [0.05, 0.1) is 18.5 Å². The highest BCUT2D eigenvalue weighted by molar-refractivity contribution is 7.13. The molecule has 134 valence electrons. The number of hydrogen-bond donors (Lipinski definition) is 1. The Hall–Kier alpha value is -2.28. The number of nitrogens with zero attached hydrogens (tertiary/aromatic N) is 2. The average Bonchev–Trinajstić information content (AvgIpc) is 2.99. The summed E-state index contributed by atoms with van der Waals surface area (Å²) in [5.74, 6) is -1.16. The van der Waals surface area contributed by atoms with Gasteiger partial charge in [-0.1, -0.05) is 26.0 Å². The van der Waals surface area contributed by atoms with E-state index in [1.165, 1.54) is 23.5 Å². The molecule has 0 aliphatic heterocycles. The van der Waals surface area contributed by atoms with Gasteiger partial charge in [0, 0.05) is 24.0 Å². The summed E-state index contributed by atoms with van der Waals surface area (Å²) in [7, 11) is 0. The molecule has 1 heterocycles. The zero-order chi connectivity index (χ0) is 18.4. The summed E-state index contributed by atoms with van der Waals surface area (Å²) < 4.78 is 13.3. The lowest BCUT2D eigenvalue weighted by molar-refractivity contribution is -0.138. The second-order valence-electron chi connectivity index (χ2n) is 6.21. The molecule has 0 saturated carbocycles. The molecule has 0 saturated heterocycles. The Bertz CT molecular complexity index is 745. The van der Waals surface area contributed by atoms with Crippen molar-refractivity contribution in [1.29, 1.82) is 0 Å². The summed E-state index contributed by atoms with van der Waals surface area (Å²) in [6, 6.07) is 6.16. The lowest BCUT2D eigenvalue weighted by atomic mass is 10.2. The lowest BCUT2D eigenvalue weighted by Crippen LogP contribution is -2.37. The molecule has 0 aliphatic rings. The van der Waals surface area contributed by atoms with E-state index in [4.69, 9.17) is 5.11 Å². The molecule has 1 aromatic heterocycles. The monoisotopic (exact) mass is 364 g/mol. The molecule has 1 aromatic carbocycles. The molecular formula is C18H21FN2O3S. The number of rotatable bonds is 8. The zero-order valence-corrected chi connectivity index (χ0v) is 15.1.